The first kappa shape index (κ1) is 30.7. The number of carbonyl (C=O) groups excluding carboxylic acids is 2. The highest BCUT2D eigenvalue weighted by atomic mass is 32.2. The van der Waals surface area contributed by atoms with Gasteiger partial charge >= 0.3 is 0 Å². The largest absolute Gasteiger partial charge is 0.497 e. The number of aryl methyl sites for hydroxylation is 1. The molecule has 0 saturated carbocycles. The van der Waals surface area contributed by atoms with Crippen molar-refractivity contribution < 1.29 is 22.7 Å². The molecule has 0 aromatic heterocycles. The van der Waals surface area contributed by atoms with E-state index in [4.69, 9.17) is 4.74 Å². The topological polar surface area (TPSA) is 96.0 Å². The molecule has 8 nitrogen and oxygen atoms in total. The number of ether oxygens (including phenoxy) is 1. The monoisotopic (exact) mass is 565 g/mol. The van der Waals surface area contributed by atoms with E-state index in [1.807, 2.05) is 52.0 Å². The van der Waals surface area contributed by atoms with Gasteiger partial charge in [0.1, 0.15) is 18.3 Å². The van der Waals surface area contributed by atoms with E-state index in [0.29, 0.717) is 17.9 Å². The second-order valence-electron chi connectivity index (χ2n) is 9.71. The maximum atomic E-state index is 14.1. The summed E-state index contributed by atoms with van der Waals surface area (Å²) in [5, 5.41) is 2.99. The summed E-state index contributed by atoms with van der Waals surface area (Å²) in [4.78, 5) is 29.0. The van der Waals surface area contributed by atoms with Crippen LogP contribution in [0.4, 0.5) is 5.69 Å². The average molecular weight is 566 g/mol. The lowest BCUT2D eigenvalue weighted by Gasteiger charge is -2.34. The van der Waals surface area contributed by atoms with Crippen molar-refractivity contribution in [1.82, 2.24) is 10.2 Å². The molecule has 214 valence electrons. The maximum absolute atomic E-state index is 14.1. The summed E-state index contributed by atoms with van der Waals surface area (Å²) in [6.45, 7) is 7.38. The van der Waals surface area contributed by atoms with Crippen molar-refractivity contribution in [2.45, 2.75) is 64.1 Å². The molecule has 0 aliphatic carbocycles. The number of rotatable bonds is 13. The Balaban J connectivity index is 2.04. The third-order valence-electron chi connectivity index (χ3n) is 6.96. The molecular formula is C31H39N3O5S. The van der Waals surface area contributed by atoms with Gasteiger partial charge in [0.15, 0.2) is 0 Å². The minimum atomic E-state index is -4.13. The van der Waals surface area contributed by atoms with Gasteiger partial charge in [-0.3, -0.25) is 13.9 Å². The molecule has 40 heavy (non-hydrogen) atoms. The lowest BCUT2D eigenvalue weighted by molar-refractivity contribution is -0.140. The van der Waals surface area contributed by atoms with Crippen molar-refractivity contribution in [2.24, 2.45) is 0 Å². The number of sulfonamides is 1. The number of hydrogen-bond donors (Lipinski definition) is 1. The van der Waals surface area contributed by atoms with Crippen LogP contribution >= 0.6 is 0 Å². The predicted molar refractivity (Wildman–Crippen MR) is 158 cm³/mol. The SMILES string of the molecule is CC[C@@H](C)NC(=O)[C@@H](CC)N(Cc1ccccc1C)C(=O)CN(c1ccccc1)S(=O)(=O)c1ccc(OC)cc1. The Morgan fingerprint density at radius 2 is 1.52 bits per heavy atom. The third kappa shape index (κ3) is 7.41. The van der Waals surface area contributed by atoms with Gasteiger partial charge in [-0.1, -0.05) is 56.3 Å². The minimum absolute atomic E-state index is 0.0250. The van der Waals surface area contributed by atoms with E-state index < -0.39 is 28.5 Å². The van der Waals surface area contributed by atoms with E-state index in [2.05, 4.69) is 5.32 Å². The number of benzene rings is 3. The van der Waals surface area contributed by atoms with Crippen LogP contribution in [-0.2, 0) is 26.2 Å². The number of carbonyl (C=O) groups is 2. The highest BCUT2D eigenvalue weighted by Crippen LogP contribution is 2.26. The quantitative estimate of drug-likeness (QED) is 0.317. The van der Waals surface area contributed by atoms with Gasteiger partial charge < -0.3 is 15.0 Å². The van der Waals surface area contributed by atoms with Crippen molar-refractivity contribution >= 4 is 27.5 Å². The van der Waals surface area contributed by atoms with E-state index in [0.717, 1.165) is 21.9 Å². The average Bonchev–Trinajstić information content (AvgIpc) is 2.96. The van der Waals surface area contributed by atoms with Crippen molar-refractivity contribution in [3.8, 4) is 5.75 Å². The Hall–Kier alpha value is -3.85. The van der Waals surface area contributed by atoms with Crippen LogP contribution in [-0.4, -0.2) is 50.9 Å². The first-order valence-electron chi connectivity index (χ1n) is 13.5. The fraction of sp³-hybridized carbons (Fsp3) is 0.355. The standard InChI is InChI=1S/C31H39N3O5S/c1-6-24(4)32-31(36)29(7-2)33(21-25-14-12-11-13-23(25)3)30(35)22-34(26-15-9-8-10-16-26)40(37,38)28-19-17-27(39-5)18-20-28/h8-20,24,29H,6-7,21-22H2,1-5H3,(H,32,36)/t24-,29-/m1/s1. The summed E-state index contributed by atoms with van der Waals surface area (Å²) in [6.07, 6.45) is 1.12. The molecule has 0 bridgehead atoms. The number of methoxy groups -OCH3 is 1. The fourth-order valence-corrected chi connectivity index (χ4v) is 5.74. The molecular weight excluding hydrogens is 526 g/mol. The molecule has 3 aromatic rings. The molecule has 0 radical (unpaired) electrons. The molecule has 2 amide bonds. The van der Waals surface area contributed by atoms with Gasteiger partial charge in [0.25, 0.3) is 10.0 Å². The first-order valence-corrected chi connectivity index (χ1v) is 14.9. The zero-order chi connectivity index (χ0) is 29.3. The van der Waals surface area contributed by atoms with Crippen LogP contribution < -0.4 is 14.4 Å². The van der Waals surface area contributed by atoms with Crippen molar-refractivity contribution in [2.75, 3.05) is 18.0 Å². The minimum Gasteiger partial charge on any atom is -0.497 e. The zero-order valence-corrected chi connectivity index (χ0v) is 24.6. The molecule has 0 aliphatic heterocycles. The molecule has 0 fully saturated rings. The number of nitrogens with one attached hydrogen (secondary N) is 1. The highest BCUT2D eigenvalue weighted by Gasteiger charge is 2.34. The second-order valence-corrected chi connectivity index (χ2v) is 11.6. The van der Waals surface area contributed by atoms with Gasteiger partial charge in [0.05, 0.1) is 17.7 Å². The molecule has 0 unspecified atom stereocenters. The summed E-state index contributed by atoms with van der Waals surface area (Å²) < 4.78 is 34.1. The molecule has 3 aromatic carbocycles. The van der Waals surface area contributed by atoms with Crippen LogP contribution in [0.2, 0.25) is 0 Å². The highest BCUT2D eigenvalue weighted by molar-refractivity contribution is 7.92. The Bertz CT molecular complexity index is 1380. The maximum Gasteiger partial charge on any atom is 0.264 e. The molecule has 0 heterocycles. The lowest BCUT2D eigenvalue weighted by Crippen LogP contribution is -2.53. The number of nitrogens with zero attached hydrogens (tertiary/aromatic N) is 2. The summed E-state index contributed by atoms with van der Waals surface area (Å²) in [5.41, 5.74) is 2.21. The molecule has 0 saturated heterocycles. The number of anilines is 1. The van der Waals surface area contributed by atoms with Crippen LogP contribution in [0.15, 0.2) is 83.8 Å². The van der Waals surface area contributed by atoms with Crippen LogP contribution in [0, 0.1) is 6.92 Å². The Labute approximate surface area is 238 Å². The predicted octanol–water partition coefficient (Wildman–Crippen LogP) is 4.92. The Morgan fingerprint density at radius 1 is 0.900 bits per heavy atom. The molecule has 3 rings (SSSR count). The van der Waals surface area contributed by atoms with Gasteiger partial charge in [-0.25, -0.2) is 8.42 Å². The number of para-hydroxylation sites is 1. The summed E-state index contributed by atoms with van der Waals surface area (Å²) in [7, 11) is -2.63. The molecule has 2 atom stereocenters. The second kappa shape index (κ2) is 14.0. The molecule has 0 aliphatic rings. The molecule has 9 heteroatoms. The zero-order valence-electron chi connectivity index (χ0n) is 23.8. The van der Waals surface area contributed by atoms with E-state index >= 15 is 0 Å². The van der Waals surface area contributed by atoms with Gasteiger partial charge in [-0.05, 0) is 74.2 Å². The Morgan fingerprint density at radius 3 is 2.10 bits per heavy atom. The van der Waals surface area contributed by atoms with Crippen molar-refractivity contribution in [3.63, 3.8) is 0 Å². The van der Waals surface area contributed by atoms with Gasteiger partial charge in [0, 0.05) is 12.6 Å². The van der Waals surface area contributed by atoms with Crippen LogP contribution in [0.25, 0.3) is 0 Å². The van der Waals surface area contributed by atoms with Gasteiger partial charge in [-0.15, -0.1) is 0 Å². The van der Waals surface area contributed by atoms with Crippen LogP contribution in [0.1, 0.15) is 44.7 Å². The van der Waals surface area contributed by atoms with Crippen LogP contribution in [0.5, 0.6) is 5.75 Å². The normalized spacial score (nSPS) is 12.7. The fourth-order valence-electron chi connectivity index (χ4n) is 4.33. The number of amides is 2. The molecule has 1 N–H and O–H groups in total. The van der Waals surface area contributed by atoms with Crippen molar-refractivity contribution in [3.05, 3.63) is 90.0 Å². The summed E-state index contributed by atoms with van der Waals surface area (Å²) in [5.74, 6) is -0.220. The Kier molecular flexibility index (Phi) is 10.7. The van der Waals surface area contributed by atoms with E-state index in [1.54, 1.807) is 42.5 Å². The smallest absolute Gasteiger partial charge is 0.264 e. The van der Waals surface area contributed by atoms with E-state index in [1.165, 1.54) is 24.1 Å². The van der Waals surface area contributed by atoms with Gasteiger partial charge in [-0.2, -0.15) is 0 Å². The van der Waals surface area contributed by atoms with E-state index in [9.17, 15) is 18.0 Å². The summed E-state index contributed by atoms with van der Waals surface area (Å²) in [6, 6.07) is 21.4. The van der Waals surface area contributed by atoms with E-state index in [-0.39, 0.29) is 23.4 Å². The molecule has 0 spiro atoms. The van der Waals surface area contributed by atoms with Gasteiger partial charge in [0.2, 0.25) is 11.8 Å². The lowest BCUT2D eigenvalue weighted by atomic mass is 10.1. The van der Waals surface area contributed by atoms with Crippen LogP contribution in [0.3, 0.4) is 0 Å². The van der Waals surface area contributed by atoms with Crippen molar-refractivity contribution in [1.29, 1.82) is 0 Å². The summed E-state index contributed by atoms with van der Waals surface area (Å²) >= 11 is 0. The number of hydrogen-bond acceptors (Lipinski definition) is 5. The third-order valence-corrected chi connectivity index (χ3v) is 8.75. The first-order chi connectivity index (χ1) is 19.1.